The molecule has 0 saturated carbocycles. The van der Waals surface area contributed by atoms with Crippen LogP contribution >= 0.6 is 0 Å². The minimum absolute atomic E-state index is 0.277. The van der Waals surface area contributed by atoms with Crippen molar-refractivity contribution in [1.82, 2.24) is 9.88 Å². The first-order chi connectivity index (χ1) is 8.74. The number of carbonyl (C=O) groups is 1. The molecular weight excluding hydrogens is 226 g/mol. The summed E-state index contributed by atoms with van der Waals surface area (Å²) >= 11 is 0. The summed E-state index contributed by atoms with van der Waals surface area (Å²) in [6, 6.07) is 3.94. The molecule has 1 aromatic heterocycles. The number of aromatic nitrogens is 1. The minimum Gasteiger partial charge on any atom is -0.373 e. The highest BCUT2D eigenvalue weighted by molar-refractivity contribution is 5.78. The Morgan fingerprint density at radius 1 is 1.56 bits per heavy atom. The molecule has 1 aliphatic heterocycles. The zero-order valence-electron chi connectivity index (χ0n) is 11.1. The summed E-state index contributed by atoms with van der Waals surface area (Å²) in [7, 11) is 1.86. The summed E-state index contributed by atoms with van der Waals surface area (Å²) in [4.78, 5) is 18.2. The Bertz CT molecular complexity index is 419. The number of rotatable bonds is 5. The molecule has 1 saturated heterocycles. The smallest absolute Gasteiger partial charge is 0.223 e. The molecular formula is C14H21N3O. The Morgan fingerprint density at radius 3 is 3.11 bits per heavy atom. The molecule has 1 aliphatic rings. The van der Waals surface area contributed by atoms with Crippen molar-refractivity contribution in [2.75, 3.05) is 18.9 Å². The number of pyridine rings is 1. The first-order valence-corrected chi connectivity index (χ1v) is 6.64. The molecule has 18 heavy (non-hydrogen) atoms. The number of amides is 1. The Labute approximate surface area is 108 Å². The van der Waals surface area contributed by atoms with E-state index in [2.05, 4.69) is 17.2 Å². The molecule has 4 heteroatoms. The largest absolute Gasteiger partial charge is 0.373 e. The maximum Gasteiger partial charge on any atom is 0.223 e. The summed E-state index contributed by atoms with van der Waals surface area (Å²) < 4.78 is 0. The fourth-order valence-corrected chi connectivity index (χ4v) is 2.61. The molecule has 1 atom stereocenters. The number of nitrogens with zero attached hydrogens (tertiary/aromatic N) is 2. The van der Waals surface area contributed by atoms with Gasteiger partial charge in [-0.1, -0.05) is 19.4 Å². The van der Waals surface area contributed by atoms with Crippen molar-refractivity contribution in [3.63, 3.8) is 0 Å². The minimum atomic E-state index is 0.277. The second-order valence-corrected chi connectivity index (χ2v) is 4.89. The van der Waals surface area contributed by atoms with Gasteiger partial charge >= 0.3 is 0 Å². The van der Waals surface area contributed by atoms with Crippen LogP contribution in [0, 0.1) is 5.92 Å². The van der Waals surface area contributed by atoms with E-state index in [4.69, 9.17) is 0 Å². The number of hydrogen-bond donors (Lipinski definition) is 1. The van der Waals surface area contributed by atoms with Gasteiger partial charge in [-0.2, -0.15) is 0 Å². The molecule has 1 unspecified atom stereocenters. The highest BCUT2D eigenvalue weighted by Gasteiger charge is 2.29. The first kappa shape index (κ1) is 12.9. The monoisotopic (exact) mass is 247 g/mol. The molecule has 1 N–H and O–H groups in total. The fraction of sp³-hybridized carbons (Fsp3) is 0.571. The number of carbonyl (C=O) groups excluding carboxylic acids is 1. The van der Waals surface area contributed by atoms with Gasteiger partial charge in [0.15, 0.2) is 0 Å². The highest BCUT2D eigenvalue weighted by atomic mass is 16.2. The van der Waals surface area contributed by atoms with E-state index in [9.17, 15) is 4.79 Å². The van der Waals surface area contributed by atoms with Crippen LogP contribution in [-0.2, 0) is 11.3 Å². The molecule has 0 bridgehead atoms. The van der Waals surface area contributed by atoms with Gasteiger partial charge in [0.05, 0.1) is 0 Å². The van der Waals surface area contributed by atoms with E-state index in [0.717, 1.165) is 30.8 Å². The maximum absolute atomic E-state index is 11.9. The lowest BCUT2D eigenvalue weighted by molar-refractivity contribution is -0.128. The van der Waals surface area contributed by atoms with Gasteiger partial charge in [0.25, 0.3) is 0 Å². The molecule has 0 spiro atoms. The summed E-state index contributed by atoms with van der Waals surface area (Å²) in [5.41, 5.74) is 1.09. The third-order valence-electron chi connectivity index (χ3n) is 3.48. The SMILES string of the molecule is CCCC1CC(=O)N(Cc2cccnc2NC)C1. The second-order valence-electron chi connectivity index (χ2n) is 4.89. The average molecular weight is 247 g/mol. The van der Waals surface area contributed by atoms with E-state index in [0.29, 0.717) is 18.9 Å². The van der Waals surface area contributed by atoms with Crippen LogP contribution in [0.4, 0.5) is 5.82 Å². The topological polar surface area (TPSA) is 45.2 Å². The predicted octanol–water partition coefficient (Wildman–Crippen LogP) is 2.27. The first-order valence-electron chi connectivity index (χ1n) is 6.64. The Balaban J connectivity index is 2.03. The van der Waals surface area contributed by atoms with Gasteiger partial charge in [-0.3, -0.25) is 4.79 Å². The van der Waals surface area contributed by atoms with Crippen LogP contribution in [0.3, 0.4) is 0 Å². The Kier molecular flexibility index (Phi) is 4.18. The average Bonchev–Trinajstić information content (AvgIpc) is 2.71. The zero-order valence-corrected chi connectivity index (χ0v) is 11.1. The predicted molar refractivity (Wildman–Crippen MR) is 72.2 cm³/mol. The van der Waals surface area contributed by atoms with Crippen LogP contribution in [0.25, 0.3) is 0 Å². The molecule has 1 fully saturated rings. The lowest BCUT2D eigenvalue weighted by atomic mass is 10.0. The van der Waals surface area contributed by atoms with Crippen molar-refractivity contribution in [2.24, 2.45) is 5.92 Å². The lowest BCUT2D eigenvalue weighted by Crippen LogP contribution is -2.25. The molecule has 4 nitrogen and oxygen atoms in total. The molecule has 1 aromatic rings. The van der Waals surface area contributed by atoms with Crippen molar-refractivity contribution in [1.29, 1.82) is 0 Å². The van der Waals surface area contributed by atoms with Crippen LogP contribution in [0.2, 0.25) is 0 Å². The summed E-state index contributed by atoms with van der Waals surface area (Å²) in [5, 5.41) is 3.07. The quantitative estimate of drug-likeness (QED) is 0.868. The zero-order chi connectivity index (χ0) is 13.0. The molecule has 98 valence electrons. The fourth-order valence-electron chi connectivity index (χ4n) is 2.61. The van der Waals surface area contributed by atoms with Gasteiger partial charge in [0.2, 0.25) is 5.91 Å². The third kappa shape index (κ3) is 2.81. The van der Waals surface area contributed by atoms with Crippen LogP contribution in [-0.4, -0.2) is 29.4 Å². The number of likely N-dealkylation sites (tertiary alicyclic amines) is 1. The van der Waals surface area contributed by atoms with Crippen molar-refractivity contribution in [3.05, 3.63) is 23.9 Å². The van der Waals surface area contributed by atoms with Gasteiger partial charge < -0.3 is 10.2 Å². The van der Waals surface area contributed by atoms with E-state index in [1.165, 1.54) is 0 Å². The third-order valence-corrected chi connectivity index (χ3v) is 3.48. The standard InChI is InChI=1S/C14H21N3O/c1-3-5-11-8-13(18)17(9-11)10-12-6-4-7-16-14(12)15-2/h4,6-7,11H,3,5,8-10H2,1-2H3,(H,15,16). The summed E-state index contributed by atoms with van der Waals surface area (Å²) in [5.74, 6) is 1.68. The molecule has 2 rings (SSSR count). The van der Waals surface area contributed by atoms with E-state index in [1.54, 1.807) is 6.20 Å². The molecule has 2 heterocycles. The molecule has 0 aliphatic carbocycles. The van der Waals surface area contributed by atoms with Crippen LogP contribution < -0.4 is 5.32 Å². The van der Waals surface area contributed by atoms with E-state index >= 15 is 0 Å². The van der Waals surface area contributed by atoms with Gasteiger partial charge in [0.1, 0.15) is 5.82 Å². The van der Waals surface area contributed by atoms with Gasteiger partial charge in [-0.15, -0.1) is 0 Å². The lowest BCUT2D eigenvalue weighted by Gasteiger charge is -2.18. The van der Waals surface area contributed by atoms with E-state index in [-0.39, 0.29) is 5.91 Å². The number of hydrogen-bond acceptors (Lipinski definition) is 3. The van der Waals surface area contributed by atoms with Gasteiger partial charge in [0, 0.05) is 38.3 Å². The maximum atomic E-state index is 11.9. The van der Waals surface area contributed by atoms with Crippen LogP contribution in [0.1, 0.15) is 31.7 Å². The van der Waals surface area contributed by atoms with E-state index < -0.39 is 0 Å². The number of nitrogens with one attached hydrogen (secondary N) is 1. The highest BCUT2D eigenvalue weighted by Crippen LogP contribution is 2.25. The second kappa shape index (κ2) is 5.85. The normalized spacial score (nSPS) is 19.3. The van der Waals surface area contributed by atoms with Crippen molar-refractivity contribution >= 4 is 11.7 Å². The van der Waals surface area contributed by atoms with Crippen molar-refractivity contribution in [2.45, 2.75) is 32.7 Å². The van der Waals surface area contributed by atoms with Crippen LogP contribution in [0.15, 0.2) is 18.3 Å². The Morgan fingerprint density at radius 2 is 2.39 bits per heavy atom. The van der Waals surface area contributed by atoms with Gasteiger partial charge in [-0.25, -0.2) is 4.98 Å². The van der Waals surface area contributed by atoms with Crippen LogP contribution in [0.5, 0.6) is 0 Å². The van der Waals surface area contributed by atoms with E-state index in [1.807, 2.05) is 24.1 Å². The Hall–Kier alpha value is -1.58. The molecule has 0 aromatic carbocycles. The number of anilines is 1. The van der Waals surface area contributed by atoms with Crippen molar-refractivity contribution < 1.29 is 4.79 Å². The summed E-state index contributed by atoms with van der Waals surface area (Å²) in [6.45, 7) is 3.74. The summed E-state index contributed by atoms with van der Waals surface area (Å²) in [6.07, 6.45) is 4.78. The molecule has 0 radical (unpaired) electrons. The van der Waals surface area contributed by atoms with Gasteiger partial charge in [-0.05, 0) is 18.4 Å². The molecule has 1 amide bonds. The van der Waals surface area contributed by atoms with Crippen molar-refractivity contribution in [3.8, 4) is 0 Å².